The molecule has 0 aromatic rings. The predicted molar refractivity (Wildman–Crippen MR) is 95.9 cm³/mol. The number of carbonyl (C=O) groups is 1. The van der Waals surface area contributed by atoms with Crippen LogP contribution in [0.25, 0.3) is 5.53 Å². The van der Waals surface area contributed by atoms with Gasteiger partial charge in [-0.1, -0.05) is 13.8 Å². The summed E-state index contributed by atoms with van der Waals surface area (Å²) in [5, 5.41) is 10.1. The van der Waals surface area contributed by atoms with Gasteiger partial charge in [0, 0.05) is 5.92 Å². The number of carbonyl (C=O) groups excluding carboxylic acids is 1. The van der Waals surface area contributed by atoms with E-state index in [0.717, 1.165) is 50.2 Å². The third kappa shape index (κ3) is 2.48. The predicted octanol–water partition coefficient (Wildman–Crippen LogP) is 3.88. The van der Waals surface area contributed by atoms with E-state index in [9.17, 15) is 9.90 Å². The van der Waals surface area contributed by atoms with E-state index < -0.39 is 0 Å². The second-order valence-corrected chi connectivity index (χ2v) is 9.91. The van der Waals surface area contributed by atoms with Crippen LogP contribution in [0.15, 0.2) is 0 Å². The minimum atomic E-state index is -0.0882. The molecule has 1 N–H and O–H groups in total. The molecule has 0 amide bonds. The molecule has 138 valence electrons. The summed E-state index contributed by atoms with van der Waals surface area (Å²) in [6, 6.07) is 0. The molecule has 0 aromatic heterocycles. The zero-order valence-corrected chi connectivity index (χ0v) is 15.7. The number of aliphatic hydroxyl groups is 1. The molecule has 4 nitrogen and oxygen atoms in total. The van der Waals surface area contributed by atoms with Crippen molar-refractivity contribution < 1.29 is 14.7 Å². The Bertz CT molecular complexity index is 613. The smallest absolute Gasteiger partial charge is 0.323 e. The Morgan fingerprint density at radius 2 is 1.76 bits per heavy atom. The van der Waals surface area contributed by atoms with Crippen molar-refractivity contribution in [3.63, 3.8) is 0 Å². The first-order valence-electron chi connectivity index (χ1n) is 10.3. The van der Waals surface area contributed by atoms with Gasteiger partial charge in [-0.25, -0.2) is 0 Å². The number of hydrogen-bond donors (Lipinski definition) is 1. The maximum atomic E-state index is 12.5. The number of fused-ring (bicyclic) bond motifs is 5. The lowest BCUT2D eigenvalue weighted by molar-refractivity contribution is -0.137. The fourth-order valence-corrected chi connectivity index (χ4v) is 7.85. The Morgan fingerprint density at radius 1 is 1.04 bits per heavy atom. The third-order valence-corrected chi connectivity index (χ3v) is 9.17. The van der Waals surface area contributed by atoms with Gasteiger partial charge in [0.25, 0.3) is 0 Å². The Morgan fingerprint density at radius 3 is 2.52 bits per heavy atom. The van der Waals surface area contributed by atoms with Gasteiger partial charge in [-0.3, -0.25) is 4.79 Å². The molecule has 0 radical (unpaired) electrons. The quantitative estimate of drug-likeness (QED) is 0.469. The summed E-state index contributed by atoms with van der Waals surface area (Å²) >= 11 is 0. The summed E-state index contributed by atoms with van der Waals surface area (Å²) in [6.07, 6.45) is 11.1. The van der Waals surface area contributed by atoms with E-state index in [4.69, 9.17) is 5.53 Å². The van der Waals surface area contributed by atoms with Crippen molar-refractivity contribution in [1.29, 1.82) is 0 Å². The van der Waals surface area contributed by atoms with Crippen molar-refractivity contribution in [2.75, 3.05) is 0 Å². The highest BCUT2D eigenvalue weighted by Gasteiger charge is 2.61. The van der Waals surface area contributed by atoms with E-state index in [-0.39, 0.29) is 23.2 Å². The minimum absolute atomic E-state index is 0.0200. The van der Waals surface area contributed by atoms with Crippen LogP contribution in [-0.4, -0.2) is 28.0 Å². The van der Waals surface area contributed by atoms with Gasteiger partial charge in [0.15, 0.2) is 0 Å². The summed E-state index contributed by atoms with van der Waals surface area (Å²) in [6.45, 7) is 4.83. The summed E-state index contributed by atoms with van der Waals surface area (Å²) in [4.78, 5) is 15.5. The van der Waals surface area contributed by atoms with Crippen LogP contribution in [0.2, 0.25) is 0 Å². The van der Waals surface area contributed by atoms with Gasteiger partial charge in [-0.2, -0.15) is 4.79 Å². The van der Waals surface area contributed by atoms with Crippen molar-refractivity contribution in [2.45, 2.75) is 77.7 Å². The van der Waals surface area contributed by atoms with Crippen LogP contribution in [0.3, 0.4) is 0 Å². The van der Waals surface area contributed by atoms with Crippen LogP contribution >= 0.6 is 0 Å². The summed E-state index contributed by atoms with van der Waals surface area (Å²) in [5.41, 5.74) is 9.24. The third-order valence-electron chi connectivity index (χ3n) is 9.17. The van der Waals surface area contributed by atoms with Crippen LogP contribution in [0.4, 0.5) is 0 Å². The van der Waals surface area contributed by atoms with Crippen molar-refractivity contribution in [2.24, 2.45) is 40.4 Å². The fourth-order valence-electron chi connectivity index (χ4n) is 7.85. The van der Waals surface area contributed by atoms with Gasteiger partial charge < -0.3 is 10.6 Å². The first-order valence-corrected chi connectivity index (χ1v) is 10.3. The fraction of sp³-hybridized carbons (Fsp3) is 0.905. The normalized spacial score (nSPS) is 51.6. The summed E-state index contributed by atoms with van der Waals surface area (Å²) in [7, 11) is 0. The maximum Gasteiger partial charge on any atom is 0.323 e. The van der Waals surface area contributed by atoms with Gasteiger partial charge in [-0.05, 0) is 92.3 Å². The molecule has 0 saturated heterocycles. The Labute approximate surface area is 151 Å². The molecule has 0 heterocycles. The van der Waals surface area contributed by atoms with E-state index in [2.05, 4.69) is 18.6 Å². The highest BCUT2D eigenvalue weighted by Crippen LogP contribution is 2.67. The van der Waals surface area contributed by atoms with Gasteiger partial charge in [-0.15, -0.1) is 0 Å². The molecule has 0 bridgehead atoms. The molecule has 0 spiro atoms. The molecule has 0 aromatic carbocycles. The minimum Gasteiger partial charge on any atom is -0.393 e. The SMILES string of the molecule is C[C@]12CC[C@H]3[C@@H](CCC4CC(O)CC[C@@]43C)[C@@H]1CC[C@@H]2C(=O)C=[N+]=[N-]. The highest BCUT2D eigenvalue weighted by atomic mass is 16.3. The number of ketones is 1. The van der Waals surface area contributed by atoms with E-state index in [1.165, 1.54) is 25.7 Å². The average molecular weight is 344 g/mol. The Balaban J connectivity index is 1.60. The average Bonchev–Trinajstić information content (AvgIpc) is 2.93. The molecule has 8 atom stereocenters. The van der Waals surface area contributed by atoms with Gasteiger partial charge >= 0.3 is 6.21 Å². The summed E-state index contributed by atoms with van der Waals surface area (Å²) in [5.74, 6) is 2.87. The van der Waals surface area contributed by atoms with E-state index in [1.807, 2.05) is 0 Å². The maximum absolute atomic E-state index is 12.5. The van der Waals surface area contributed by atoms with Gasteiger partial charge in [0.1, 0.15) is 0 Å². The molecule has 4 aliphatic carbocycles. The molecule has 4 fully saturated rings. The number of hydrogen-bond acceptors (Lipinski definition) is 2. The first kappa shape index (κ1) is 17.4. The molecular formula is C21H32N2O2. The number of Topliss-reactive ketones (excluding diaryl/α,β-unsaturated/α-hetero) is 1. The number of aliphatic hydroxyl groups excluding tert-OH is 1. The van der Waals surface area contributed by atoms with E-state index >= 15 is 0 Å². The standard InChI is InChI=1S/C21H32N2O2/c1-20-9-7-14(24)11-13(20)3-4-15-16-5-6-18(19(25)12-23-22)21(16,2)10-8-17(15)20/h12-18,24H,3-11H2,1-2H3/t13?,14?,15-,16-,17-,18+,20-,21-/m0/s1. The first-order chi connectivity index (χ1) is 11.9. The van der Waals surface area contributed by atoms with Crippen molar-refractivity contribution in [1.82, 2.24) is 0 Å². The molecule has 0 aliphatic heterocycles. The van der Waals surface area contributed by atoms with Crippen molar-refractivity contribution in [3.8, 4) is 0 Å². The van der Waals surface area contributed by atoms with Crippen LogP contribution in [0, 0.1) is 40.4 Å². The largest absolute Gasteiger partial charge is 0.393 e. The Hall–Kier alpha value is -0.990. The van der Waals surface area contributed by atoms with Crippen LogP contribution in [-0.2, 0) is 4.79 Å². The lowest BCUT2D eigenvalue weighted by atomic mass is 9.44. The van der Waals surface area contributed by atoms with Crippen LogP contribution in [0.5, 0.6) is 0 Å². The zero-order valence-electron chi connectivity index (χ0n) is 15.7. The monoisotopic (exact) mass is 344 g/mol. The second-order valence-electron chi connectivity index (χ2n) is 9.91. The van der Waals surface area contributed by atoms with Crippen LogP contribution in [0.1, 0.15) is 71.6 Å². The van der Waals surface area contributed by atoms with E-state index in [1.54, 1.807) is 0 Å². The second kappa shape index (κ2) is 6.03. The molecule has 4 saturated carbocycles. The topological polar surface area (TPSA) is 73.7 Å². The summed E-state index contributed by atoms with van der Waals surface area (Å²) < 4.78 is 0. The molecule has 25 heavy (non-hydrogen) atoms. The zero-order chi connectivity index (χ0) is 17.8. The van der Waals surface area contributed by atoms with Crippen molar-refractivity contribution >= 4 is 12.0 Å². The highest BCUT2D eigenvalue weighted by molar-refractivity contribution is 6.26. The number of rotatable bonds is 2. The molecular weight excluding hydrogens is 312 g/mol. The molecule has 4 heteroatoms. The Kier molecular flexibility index (Phi) is 4.20. The molecule has 4 aliphatic rings. The van der Waals surface area contributed by atoms with E-state index in [0.29, 0.717) is 17.3 Å². The van der Waals surface area contributed by atoms with Gasteiger partial charge in [0.05, 0.1) is 6.10 Å². The van der Waals surface area contributed by atoms with Gasteiger partial charge in [0.2, 0.25) is 5.78 Å². The lowest BCUT2D eigenvalue weighted by Gasteiger charge is -2.60. The lowest BCUT2D eigenvalue weighted by Crippen LogP contribution is -2.54. The number of nitrogens with zero attached hydrogens (tertiary/aromatic N) is 2. The molecule has 4 rings (SSSR count). The molecule has 2 unspecified atom stereocenters. The van der Waals surface area contributed by atoms with Crippen molar-refractivity contribution in [3.05, 3.63) is 5.53 Å². The van der Waals surface area contributed by atoms with Crippen LogP contribution < -0.4 is 0 Å².